The molecule has 0 saturated carbocycles. The summed E-state index contributed by atoms with van der Waals surface area (Å²) in [4.78, 5) is 31.0. The quantitative estimate of drug-likeness (QED) is 0.370. The predicted octanol–water partition coefficient (Wildman–Crippen LogP) is 2.53. The minimum absolute atomic E-state index is 0.294. The number of aromatic nitrogens is 6. The van der Waals surface area contributed by atoms with Gasteiger partial charge in [0.2, 0.25) is 11.6 Å². The molecule has 13 heteroatoms. The third kappa shape index (κ3) is 4.18. The summed E-state index contributed by atoms with van der Waals surface area (Å²) >= 11 is 0. The molecular formula is C25H28N8O5. The number of hydrogen-bond donors (Lipinski definition) is 2. The molecule has 4 atom stereocenters. The molecule has 0 unspecified atom stereocenters. The predicted molar refractivity (Wildman–Crippen MR) is 135 cm³/mol. The number of carbonyl (C=O) groups is 1. The molecule has 198 valence electrons. The molecule has 2 saturated heterocycles. The smallest absolute Gasteiger partial charge is 0.251 e. The molecule has 0 aromatic carbocycles. The third-order valence-electron chi connectivity index (χ3n) is 6.43. The van der Waals surface area contributed by atoms with Crippen molar-refractivity contribution in [2.75, 3.05) is 18.9 Å². The second-order valence-electron chi connectivity index (χ2n) is 9.56. The molecule has 6 rings (SSSR count). The minimum Gasteiger partial charge on any atom is -0.368 e. The second-order valence-corrected chi connectivity index (χ2v) is 9.56. The van der Waals surface area contributed by atoms with Crippen LogP contribution >= 0.6 is 0 Å². The van der Waals surface area contributed by atoms with Crippen molar-refractivity contribution >= 4 is 22.9 Å². The number of nitrogens with zero attached hydrogens (tertiary/aromatic N) is 6. The van der Waals surface area contributed by atoms with Crippen LogP contribution in [0.2, 0.25) is 0 Å². The Bertz CT molecular complexity index is 1470. The van der Waals surface area contributed by atoms with Crippen LogP contribution in [0.15, 0.2) is 41.3 Å². The lowest BCUT2D eigenvalue weighted by atomic mass is 10.1. The summed E-state index contributed by atoms with van der Waals surface area (Å²) in [5.74, 6) is 0.0550. The van der Waals surface area contributed by atoms with E-state index < -0.39 is 30.3 Å². The van der Waals surface area contributed by atoms with Gasteiger partial charge in [0, 0.05) is 25.9 Å². The van der Waals surface area contributed by atoms with Gasteiger partial charge in [-0.3, -0.25) is 14.3 Å². The highest BCUT2D eigenvalue weighted by atomic mass is 16.8. The maximum atomic E-state index is 12.6. The topological polar surface area (TPSA) is 151 Å². The van der Waals surface area contributed by atoms with Crippen LogP contribution in [0.1, 0.15) is 33.4 Å². The van der Waals surface area contributed by atoms with E-state index in [0.717, 1.165) is 6.42 Å². The molecule has 2 aliphatic heterocycles. The summed E-state index contributed by atoms with van der Waals surface area (Å²) in [5, 5.41) is 10.1. The fraction of sp³-hybridized carbons (Fsp3) is 0.440. The number of likely N-dealkylation sites (N-methyl/N-ethyl adjacent to an activating group) is 1. The van der Waals surface area contributed by atoms with E-state index in [0.29, 0.717) is 46.5 Å². The van der Waals surface area contributed by atoms with Crippen LogP contribution in [-0.4, -0.2) is 73.3 Å². The van der Waals surface area contributed by atoms with Gasteiger partial charge >= 0.3 is 0 Å². The van der Waals surface area contributed by atoms with Gasteiger partial charge in [-0.2, -0.15) is 0 Å². The molecule has 0 radical (unpaired) electrons. The fourth-order valence-corrected chi connectivity index (χ4v) is 4.75. The van der Waals surface area contributed by atoms with E-state index >= 15 is 0 Å². The van der Waals surface area contributed by atoms with E-state index in [4.69, 9.17) is 23.7 Å². The first-order valence-electron chi connectivity index (χ1n) is 12.5. The molecule has 2 fully saturated rings. The Hall–Kier alpha value is -3.94. The largest absolute Gasteiger partial charge is 0.368 e. The molecule has 2 N–H and O–H groups in total. The standard InChI is InChI=1S/C25H28N8O5/c1-5-9-28-21-16-22(31-20(30-21)15-11-14(32-38-15)13-8-6-7-10-27-13)33(12-29-16)24-19-17(36-25(2,3)37-19)18(35-24)23(34)26-4/h6-8,10-12,17-19,24H,5,9H2,1-4H3,(H,26,34)(H,28,30,31)/t17-,18+,19-,24-/m1/s1. The summed E-state index contributed by atoms with van der Waals surface area (Å²) in [6.45, 7) is 6.37. The fourth-order valence-electron chi connectivity index (χ4n) is 4.75. The number of ether oxygens (including phenoxy) is 3. The van der Waals surface area contributed by atoms with Crippen molar-refractivity contribution in [3.8, 4) is 23.0 Å². The van der Waals surface area contributed by atoms with Gasteiger partial charge in [0.25, 0.3) is 5.91 Å². The molecule has 1 amide bonds. The first-order chi connectivity index (χ1) is 18.4. The SMILES string of the molecule is CCCNc1nc(-c2cc(-c3ccccn3)no2)nc2c1ncn2[C@@H]1O[C@H](C(=O)NC)[C@H]2OC(C)(C)O[C@H]21. The van der Waals surface area contributed by atoms with Crippen LogP contribution in [0.25, 0.3) is 34.1 Å². The number of carbonyl (C=O) groups excluding carboxylic acids is 1. The maximum absolute atomic E-state index is 12.6. The molecule has 0 aliphatic carbocycles. The van der Waals surface area contributed by atoms with Crippen molar-refractivity contribution in [1.29, 1.82) is 0 Å². The van der Waals surface area contributed by atoms with Crippen LogP contribution < -0.4 is 10.6 Å². The first-order valence-corrected chi connectivity index (χ1v) is 12.5. The summed E-state index contributed by atoms with van der Waals surface area (Å²) in [6, 6.07) is 7.30. The number of nitrogens with one attached hydrogen (secondary N) is 2. The minimum atomic E-state index is -0.879. The van der Waals surface area contributed by atoms with Gasteiger partial charge in [0.05, 0.1) is 12.0 Å². The van der Waals surface area contributed by atoms with E-state index in [-0.39, 0.29) is 5.91 Å². The zero-order valence-electron chi connectivity index (χ0n) is 21.4. The number of hydrogen-bond acceptors (Lipinski definition) is 11. The van der Waals surface area contributed by atoms with Gasteiger partial charge in [-0.1, -0.05) is 18.1 Å². The normalized spacial score (nSPS) is 24.0. The molecule has 0 bridgehead atoms. The van der Waals surface area contributed by atoms with Gasteiger partial charge in [-0.05, 0) is 32.4 Å². The third-order valence-corrected chi connectivity index (χ3v) is 6.43. The highest BCUT2D eigenvalue weighted by Gasteiger charge is 2.58. The zero-order chi connectivity index (χ0) is 26.4. The zero-order valence-corrected chi connectivity index (χ0v) is 21.4. The van der Waals surface area contributed by atoms with Gasteiger partial charge in [-0.15, -0.1) is 0 Å². The van der Waals surface area contributed by atoms with E-state index in [1.807, 2.05) is 32.0 Å². The average molecular weight is 521 g/mol. The molecule has 4 aromatic heterocycles. The first kappa shape index (κ1) is 24.4. The van der Waals surface area contributed by atoms with Crippen LogP contribution in [0.4, 0.5) is 5.82 Å². The molecule has 38 heavy (non-hydrogen) atoms. The van der Waals surface area contributed by atoms with E-state index in [1.165, 1.54) is 0 Å². The van der Waals surface area contributed by atoms with Crippen LogP contribution in [-0.2, 0) is 19.0 Å². The number of anilines is 1. The van der Waals surface area contributed by atoms with Gasteiger partial charge in [0.15, 0.2) is 35.1 Å². The van der Waals surface area contributed by atoms with Gasteiger partial charge < -0.3 is 29.4 Å². The van der Waals surface area contributed by atoms with Crippen LogP contribution in [0.3, 0.4) is 0 Å². The highest BCUT2D eigenvalue weighted by molar-refractivity contribution is 5.85. The van der Waals surface area contributed by atoms with E-state index in [2.05, 4.69) is 37.7 Å². The summed E-state index contributed by atoms with van der Waals surface area (Å²) in [5.41, 5.74) is 2.27. The Balaban J connectivity index is 1.43. The van der Waals surface area contributed by atoms with Gasteiger partial charge in [-0.25, -0.2) is 15.0 Å². The lowest BCUT2D eigenvalue weighted by Gasteiger charge is -2.24. The van der Waals surface area contributed by atoms with Gasteiger partial charge in [0.1, 0.15) is 17.9 Å². The monoisotopic (exact) mass is 520 g/mol. The van der Waals surface area contributed by atoms with E-state index in [9.17, 15) is 4.79 Å². The summed E-state index contributed by atoms with van der Waals surface area (Å²) < 4.78 is 25.8. The van der Waals surface area contributed by atoms with Crippen molar-refractivity contribution in [3.63, 3.8) is 0 Å². The maximum Gasteiger partial charge on any atom is 0.251 e. The Morgan fingerprint density at radius 3 is 2.74 bits per heavy atom. The van der Waals surface area contributed by atoms with Crippen molar-refractivity contribution in [2.45, 2.75) is 57.5 Å². The number of amides is 1. The van der Waals surface area contributed by atoms with Crippen molar-refractivity contribution < 1.29 is 23.5 Å². The Labute approximate surface area is 217 Å². The number of pyridine rings is 1. The Morgan fingerprint density at radius 2 is 1.97 bits per heavy atom. The average Bonchev–Trinajstić information content (AvgIpc) is 3.69. The highest BCUT2D eigenvalue weighted by Crippen LogP contribution is 2.44. The number of imidazole rings is 1. The Kier molecular flexibility index (Phi) is 6.05. The van der Waals surface area contributed by atoms with E-state index in [1.54, 1.807) is 30.2 Å². The van der Waals surface area contributed by atoms with Crippen molar-refractivity contribution in [2.24, 2.45) is 0 Å². The lowest BCUT2D eigenvalue weighted by molar-refractivity contribution is -0.197. The van der Waals surface area contributed by atoms with Crippen molar-refractivity contribution in [3.05, 3.63) is 36.8 Å². The lowest BCUT2D eigenvalue weighted by Crippen LogP contribution is -2.41. The Morgan fingerprint density at radius 1 is 1.13 bits per heavy atom. The molecule has 6 heterocycles. The van der Waals surface area contributed by atoms with Crippen LogP contribution in [0, 0.1) is 0 Å². The molecule has 13 nitrogen and oxygen atoms in total. The second kappa shape index (κ2) is 9.42. The molecule has 4 aromatic rings. The molecule has 2 aliphatic rings. The summed E-state index contributed by atoms with van der Waals surface area (Å²) in [6.07, 6.45) is 1.46. The number of rotatable bonds is 7. The number of fused-ring (bicyclic) bond motifs is 2. The van der Waals surface area contributed by atoms with Crippen LogP contribution in [0.5, 0.6) is 0 Å². The molecule has 0 spiro atoms. The summed E-state index contributed by atoms with van der Waals surface area (Å²) in [7, 11) is 1.56. The molecular weight excluding hydrogens is 492 g/mol. The van der Waals surface area contributed by atoms with Crippen molar-refractivity contribution in [1.82, 2.24) is 35.0 Å².